The summed E-state index contributed by atoms with van der Waals surface area (Å²) in [6.45, 7) is 1.91. The molecule has 0 bridgehead atoms. The van der Waals surface area contributed by atoms with Crippen molar-refractivity contribution in [1.29, 1.82) is 0 Å². The van der Waals surface area contributed by atoms with E-state index in [0.717, 1.165) is 5.56 Å². The third-order valence-electron chi connectivity index (χ3n) is 3.03. The van der Waals surface area contributed by atoms with Crippen LogP contribution in [0, 0.1) is 0 Å². The first-order valence-electron chi connectivity index (χ1n) is 6.41. The van der Waals surface area contributed by atoms with E-state index >= 15 is 0 Å². The van der Waals surface area contributed by atoms with Gasteiger partial charge in [0.25, 0.3) is 5.91 Å². The van der Waals surface area contributed by atoms with Crippen molar-refractivity contribution in [3.8, 4) is 0 Å². The van der Waals surface area contributed by atoms with E-state index in [1.165, 1.54) is 6.07 Å². The number of aromatic nitrogens is 1. The lowest BCUT2D eigenvalue weighted by Gasteiger charge is -2.15. The zero-order valence-electron chi connectivity index (χ0n) is 11.7. The van der Waals surface area contributed by atoms with Gasteiger partial charge in [-0.3, -0.25) is 4.79 Å². The number of benzene rings is 1. The molecule has 0 aliphatic carbocycles. The summed E-state index contributed by atoms with van der Waals surface area (Å²) in [5.41, 5.74) is 1.43. The van der Waals surface area contributed by atoms with Gasteiger partial charge in [0.2, 0.25) is 0 Å². The molecule has 1 aromatic heterocycles. The standard InChI is InChI=1S/C15H15Cl2N3O/c1-9(10-3-5-12(16)6-4-10)19-15(21)11-7-13(17)20-14(8-11)18-2/h3-9H,1-2H3,(H,18,20)(H,19,21). The Labute approximate surface area is 133 Å². The molecule has 6 heteroatoms. The maximum absolute atomic E-state index is 12.3. The molecule has 1 heterocycles. The van der Waals surface area contributed by atoms with Crippen molar-refractivity contribution in [3.63, 3.8) is 0 Å². The normalized spacial score (nSPS) is 11.8. The van der Waals surface area contributed by atoms with Crippen molar-refractivity contribution in [2.75, 3.05) is 12.4 Å². The van der Waals surface area contributed by atoms with Crippen molar-refractivity contribution >= 4 is 34.9 Å². The number of nitrogens with zero attached hydrogens (tertiary/aromatic N) is 1. The van der Waals surface area contributed by atoms with Crippen LogP contribution < -0.4 is 10.6 Å². The van der Waals surface area contributed by atoms with Crippen LogP contribution in [0.15, 0.2) is 36.4 Å². The molecule has 1 amide bonds. The zero-order valence-corrected chi connectivity index (χ0v) is 13.2. The fourth-order valence-corrected chi connectivity index (χ4v) is 2.21. The number of hydrogen-bond acceptors (Lipinski definition) is 3. The van der Waals surface area contributed by atoms with Gasteiger partial charge >= 0.3 is 0 Å². The Morgan fingerprint density at radius 3 is 2.48 bits per heavy atom. The van der Waals surface area contributed by atoms with Crippen LogP contribution in [-0.2, 0) is 0 Å². The Bertz CT molecular complexity index is 644. The predicted octanol–water partition coefficient (Wildman–Crippen LogP) is 3.92. The van der Waals surface area contributed by atoms with Gasteiger partial charge in [-0.1, -0.05) is 35.3 Å². The van der Waals surface area contributed by atoms with Crippen molar-refractivity contribution in [2.24, 2.45) is 0 Å². The molecule has 0 fully saturated rings. The molecule has 0 aliphatic heterocycles. The third kappa shape index (κ3) is 4.09. The fraction of sp³-hybridized carbons (Fsp3) is 0.200. The number of halogens is 2. The molecule has 21 heavy (non-hydrogen) atoms. The summed E-state index contributed by atoms with van der Waals surface area (Å²) in [7, 11) is 1.72. The molecule has 1 aromatic carbocycles. The third-order valence-corrected chi connectivity index (χ3v) is 3.48. The molecule has 1 atom stereocenters. The summed E-state index contributed by atoms with van der Waals surface area (Å²) >= 11 is 11.8. The molecule has 0 saturated heterocycles. The van der Waals surface area contributed by atoms with E-state index < -0.39 is 0 Å². The molecular formula is C15H15Cl2N3O. The number of rotatable bonds is 4. The van der Waals surface area contributed by atoms with Crippen LogP contribution in [-0.4, -0.2) is 17.9 Å². The second-order valence-electron chi connectivity index (χ2n) is 4.56. The molecule has 1 unspecified atom stereocenters. The van der Waals surface area contributed by atoms with Crippen LogP contribution in [0.3, 0.4) is 0 Å². The molecule has 2 rings (SSSR count). The summed E-state index contributed by atoms with van der Waals surface area (Å²) in [6.07, 6.45) is 0. The zero-order chi connectivity index (χ0) is 15.4. The second kappa shape index (κ2) is 6.78. The number of hydrogen-bond donors (Lipinski definition) is 2. The Kier molecular flexibility index (Phi) is 5.04. The minimum atomic E-state index is -0.210. The summed E-state index contributed by atoms with van der Waals surface area (Å²) in [5, 5.41) is 6.71. The fourth-order valence-electron chi connectivity index (χ4n) is 1.87. The Hall–Kier alpha value is -1.78. The van der Waals surface area contributed by atoms with E-state index in [-0.39, 0.29) is 17.1 Å². The highest BCUT2D eigenvalue weighted by molar-refractivity contribution is 6.30. The summed E-state index contributed by atoms with van der Waals surface area (Å²) in [5.74, 6) is 0.338. The van der Waals surface area contributed by atoms with Crippen LogP contribution in [0.25, 0.3) is 0 Å². The van der Waals surface area contributed by atoms with Gasteiger partial charge in [0.15, 0.2) is 0 Å². The van der Waals surface area contributed by atoms with E-state index in [0.29, 0.717) is 16.4 Å². The average molecular weight is 324 g/mol. The summed E-state index contributed by atoms with van der Waals surface area (Å²) in [4.78, 5) is 16.3. The number of amides is 1. The van der Waals surface area contributed by atoms with E-state index in [4.69, 9.17) is 23.2 Å². The molecule has 2 N–H and O–H groups in total. The van der Waals surface area contributed by atoms with Gasteiger partial charge in [0.1, 0.15) is 11.0 Å². The highest BCUT2D eigenvalue weighted by Gasteiger charge is 2.13. The largest absolute Gasteiger partial charge is 0.373 e. The van der Waals surface area contributed by atoms with Gasteiger partial charge in [0.05, 0.1) is 6.04 Å². The van der Waals surface area contributed by atoms with Gasteiger partial charge in [0, 0.05) is 17.6 Å². The number of pyridine rings is 1. The van der Waals surface area contributed by atoms with Gasteiger partial charge < -0.3 is 10.6 Å². The van der Waals surface area contributed by atoms with Gasteiger partial charge in [-0.05, 0) is 36.8 Å². The quantitative estimate of drug-likeness (QED) is 0.838. The van der Waals surface area contributed by atoms with E-state index in [1.54, 1.807) is 25.2 Å². The molecule has 0 saturated carbocycles. The van der Waals surface area contributed by atoms with Crippen molar-refractivity contribution in [2.45, 2.75) is 13.0 Å². The molecule has 0 spiro atoms. The van der Waals surface area contributed by atoms with Crippen LogP contribution in [0.2, 0.25) is 10.2 Å². The van der Waals surface area contributed by atoms with E-state index in [2.05, 4.69) is 15.6 Å². The first-order valence-corrected chi connectivity index (χ1v) is 7.17. The van der Waals surface area contributed by atoms with E-state index in [1.807, 2.05) is 19.1 Å². The van der Waals surface area contributed by atoms with Crippen molar-refractivity contribution < 1.29 is 4.79 Å². The Morgan fingerprint density at radius 1 is 1.19 bits per heavy atom. The Morgan fingerprint density at radius 2 is 1.86 bits per heavy atom. The molecule has 0 aliphatic rings. The summed E-state index contributed by atoms with van der Waals surface area (Å²) in [6, 6.07) is 10.4. The monoisotopic (exact) mass is 323 g/mol. The highest BCUT2D eigenvalue weighted by atomic mass is 35.5. The van der Waals surface area contributed by atoms with E-state index in [9.17, 15) is 4.79 Å². The van der Waals surface area contributed by atoms with Gasteiger partial charge in [-0.15, -0.1) is 0 Å². The van der Waals surface area contributed by atoms with Crippen LogP contribution in [0.5, 0.6) is 0 Å². The highest BCUT2D eigenvalue weighted by Crippen LogP contribution is 2.18. The molecule has 0 radical (unpaired) electrons. The van der Waals surface area contributed by atoms with Crippen molar-refractivity contribution in [3.05, 3.63) is 57.7 Å². The minimum Gasteiger partial charge on any atom is -0.373 e. The summed E-state index contributed by atoms with van der Waals surface area (Å²) < 4.78 is 0. The lowest BCUT2D eigenvalue weighted by molar-refractivity contribution is 0.0940. The van der Waals surface area contributed by atoms with Gasteiger partial charge in [-0.25, -0.2) is 4.98 Å². The smallest absolute Gasteiger partial charge is 0.251 e. The predicted molar refractivity (Wildman–Crippen MR) is 86.1 cm³/mol. The minimum absolute atomic E-state index is 0.139. The molecule has 4 nitrogen and oxygen atoms in total. The molecule has 110 valence electrons. The number of carbonyl (C=O) groups is 1. The van der Waals surface area contributed by atoms with Crippen LogP contribution in [0.1, 0.15) is 28.9 Å². The van der Waals surface area contributed by atoms with Crippen molar-refractivity contribution in [1.82, 2.24) is 10.3 Å². The number of anilines is 1. The number of nitrogens with one attached hydrogen (secondary N) is 2. The lowest BCUT2D eigenvalue weighted by Crippen LogP contribution is -2.26. The SMILES string of the molecule is CNc1cc(C(=O)NC(C)c2ccc(Cl)cc2)cc(Cl)n1. The average Bonchev–Trinajstić information content (AvgIpc) is 2.47. The Balaban J connectivity index is 2.13. The lowest BCUT2D eigenvalue weighted by atomic mass is 10.1. The second-order valence-corrected chi connectivity index (χ2v) is 5.38. The maximum atomic E-state index is 12.3. The first kappa shape index (κ1) is 15.6. The molecular weight excluding hydrogens is 309 g/mol. The molecule has 2 aromatic rings. The maximum Gasteiger partial charge on any atom is 0.251 e. The van der Waals surface area contributed by atoms with Gasteiger partial charge in [-0.2, -0.15) is 0 Å². The van der Waals surface area contributed by atoms with Crippen LogP contribution in [0.4, 0.5) is 5.82 Å². The number of carbonyl (C=O) groups excluding carboxylic acids is 1. The first-order chi connectivity index (χ1) is 9.99. The van der Waals surface area contributed by atoms with Crippen LogP contribution >= 0.6 is 23.2 Å². The topological polar surface area (TPSA) is 54.0 Å².